The molecule has 114 valence electrons. The van der Waals surface area contributed by atoms with Gasteiger partial charge in [-0.05, 0) is 37.0 Å². The number of nitrogens with one attached hydrogen (secondary N) is 1. The highest BCUT2D eigenvalue weighted by molar-refractivity contribution is 5.94. The molecule has 5 nitrogen and oxygen atoms in total. The number of amides is 1. The van der Waals surface area contributed by atoms with E-state index in [0.717, 1.165) is 24.3 Å². The molecule has 1 amide bonds. The molecular formula is C17H20N4O. The van der Waals surface area contributed by atoms with Crippen LogP contribution >= 0.6 is 0 Å². The van der Waals surface area contributed by atoms with Crippen molar-refractivity contribution in [2.45, 2.75) is 25.8 Å². The van der Waals surface area contributed by atoms with E-state index in [0.29, 0.717) is 12.1 Å². The molecule has 1 saturated heterocycles. The van der Waals surface area contributed by atoms with Crippen LogP contribution in [0.15, 0.2) is 43.0 Å². The molecule has 5 heteroatoms. The Kier molecular flexibility index (Phi) is 4.63. The number of carbonyl (C=O) groups excluding carboxylic acids is 1. The second kappa shape index (κ2) is 7.02. The lowest BCUT2D eigenvalue weighted by Gasteiger charge is -2.28. The van der Waals surface area contributed by atoms with Gasteiger partial charge < -0.3 is 10.2 Å². The zero-order valence-electron chi connectivity index (χ0n) is 12.5. The highest BCUT2D eigenvalue weighted by atomic mass is 16.1. The van der Waals surface area contributed by atoms with Crippen molar-refractivity contribution in [1.82, 2.24) is 15.3 Å². The molecule has 0 spiro atoms. The Morgan fingerprint density at radius 1 is 1.14 bits per heavy atom. The average Bonchev–Trinajstić information content (AvgIpc) is 2.61. The maximum Gasteiger partial charge on any atom is 0.253 e. The van der Waals surface area contributed by atoms with E-state index in [1.165, 1.54) is 19.3 Å². The first-order chi connectivity index (χ1) is 10.8. The molecule has 22 heavy (non-hydrogen) atoms. The fourth-order valence-electron chi connectivity index (χ4n) is 2.66. The Morgan fingerprint density at radius 2 is 2.00 bits per heavy atom. The quantitative estimate of drug-likeness (QED) is 0.941. The summed E-state index contributed by atoms with van der Waals surface area (Å²) in [5, 5.41) is 2.91. The van der Waals surface area contributed by atoms with Gasteiger partial charge in [0, 0.05) is 38.2 Å². The molecule has 1 aliphatic rings. The zero-order chi connectivity index (χ0) is 15.2. The van der Waals surface area contributed by atoms with E-state index >= 15 is 0 Å². The van der Waals surface area contributed by atoms with E-state index < -0.39 is 0 Å². The monoisotopic (exact) mass is 296 g/mol. The van der Waals surface area contributed by atoms with Gasteiger partial charge in [-0.3, -0.25) is 14.8 Å². The Hall–Kier alpha value is -2.43. The molecule has 1 fully saturated rings. The normalized spacial score (nSPS) is 14.6. The van der Waals surface area contributed by atoms with Gasteiger partial charge in [0.05, 0.1) is 17.4 Å². The third kappa shape index (κ3) is 3.61. The molecule has 0 aromatic carbocycles. The van der Waals surface area contributed by atoms with Gasteiger partial charge in [-0.15, -0.1) is 0 Å². The molecule has 1 N–H and O–H groups in total. The molecule has 3 rings (SSSR count). The van der Waals surface area contributed by atoms with Crippen LogP contribution in [-0.2, 0) is 6.54 Å². The Bertz CT molecular complexity index is 624. The molecule has 3 heterocycles. The maximum absolute atomic E-state index is 12.3. The lowest BCUT2D eigenvalue weighted by atomic mass is 10.1. The Labute approximate surface area is 130 Å². The van der Waals surface area contributed by atoms with Crippen LogP contribution in [0.25, 0.3) is 0 Å². The van der Waals surface area contributed by atoms with Gasteiger partial charge in [0.25, 0.3) is 5.91 Å². The second-order valence-corrected chi connectivity index (χ2v) is 5.52. The molecule has 0 bridgehead atoms. The molecule has 0 saturated carbocycles. The summed E-state index contributed by atoms with van der Waals surface area (Å²) in [5.74, 6) is -0.102. The molecule has 2 aromatic heterocycles. The highest BCUT2D eigenvalue weighted by Crippen LogP contribution is 2.19. The van der Waals surface area contributed by atoms with Crippen LogP contribution in [0.1, 0.15) is 35.2 Å². The van der Waals surface area contributed by atoms with Crippen molar-refractivity contribution in [2.24, 2.45) is 0 Å². The smallest absolute Gasteiger partial charge is 0.253 e. The van der Waals surface area contributed by atoms with Gasteiger partial charge in [0.1, 0.15) is 0 Å². The van der Waals surface area contributed by atoms with Crippen molar-refractivity contribution >= 4 is 11.6 Å². The minimum absolute atomic E-state index is 0.102. The van der Waals surface area contributed by atoms with Gasteiger partial charge in [-0.1, -0.05) is 6.07 Å². The lowest BCUT2D eigenvalue weighted by molar-refractivity contribution is 0.0950. The van der Waals surface area contributed by atoms with Crippen LogP contribution in [0.2, 0.25) is 0 Å². The SMILES string of the molecule is O=C(NCc1cccnc1)c1cncc(N2CCCCC2)c1. The van der Waals surface area contributed by atoms with Crippen LogP contribution < -0.4 is 10.2 Å². The summed E-state index contributed by atoms with van der Waals surface area (Å²) in [5.41, 5.74) is 2.62. The summed E-state index contributed by atoms with van der Waals surface area (Å²) >= 11 is 0. The van der Waals surface area contributed by atoms with Crippen LogP contribution in [0.3, 0.4) is 0 Å². The third-order valence-electron chi connectivity index (χ3n) is 3.88. The lowest BCUT2D eigenvalue weighted by Crippen LogP contribution is -2.30. The topological polar surface area (TPSA) is 58.1 Å². The van der Waals surface area contributed by atoms with Crippen LogP contribution in [0, 0.1) is 0 Å². The zero-order valence-corrected chi connectivity index (χ0v) is 12.5. The number of pyridine rings is 2. The van der Waals surface area contributed by atoms with E-state index in [9.17, 15) is 4.79 Å². The number of piperidine rings is 1. The second-order valence-electron chi connectivity index (χ2n) is 5.52. The highest BCUT2D eigenvalue weighted by Gasteiger charge is 2.13. The molecule has 1 aliphatic heterocycles. The van der Waals surface area contributed by atoms with Crippen LogP contribution in [0.4, 0.5) is 5.69 Å². The van der Waals surface area contributed by atoms with E-state index in [4.69, 9.17) is 0 Å². The summed E-state index contributed by atoms with van der Waals surface area (Å²) in [6, 6.07) is 5.73. The number of hydrogen-bond donors (Lipinski definition) is 1. The van der Waals surface area contributed by atoms with Gasteiger partial charge in [0.2, 0.25) is 0 Å². The van der Waals surface area contributed by atoms with Gasteiger partial charge in [-0.25, -0.2) is 0 Å². The van der Waals surface area contributed by atoms with Gasteiger partial charge in [-0.2, -0.15) is 0 Å². The third-order valence-corrected chi connectivity index (χ3v) is 3.88. The largest absolute Gasteiger partial charge is 0.370 e. The van der Waals surface area contributed by atoms with Crippen molar-refractivity contribution in [1.29, 1.82) is 0 Å². The summed E-state index contributed by atoms with van der Waals surface area (Å²) in [4.78, 5) is 22.8. The Balaban J connectivity index is 1.64. The van der Waals surface area contributed by atoms with Crippen molar-refractivity contribution < 1.29 is 4.79 Å². The van der Waals surface area contributed by atoms with Crippen molar-refractivity contribution in [3.63, 3.8) is 0 Å². The Morgan fingerprint density at radius 3 is 2.77 bits per heavy atom. The van der Waals surface area contributed by atoms with Gasteiger partial charge >= 0.3 is 0 Å². The summed E-state index contributed by atoms with van der Waals surface area (Å²) in [6.45, 7) is 2.56. The first kappa shape index (κ1) is 14.5. The predicted molar refractivity (Wildman–Crippen MR) is 85.7 cm³/mol. The molecule has 2 aromatic rings. The number of hydrogen-bond acceptors (Lipinski definition) is 4. The molecular weight excluding hydrogens is 276 g/mol. The number of anilines is 1. The van der Waals surface area contributed by atoms with E-state index in [-0.39, 0.29) is 5.91 Å². The van der Waals surface area contributed by atoms with Crippen molar-refractivity contribution in [2.75, 3.05) is 18.0 Å². The predicted octanol–water partition coefficient (Wildman–Crippen LogP) is 2.40. The van der Waals surface area contributed by atoms with E-state index in [2.05, 4.69) is 20.2 Å². The van der Waals surface area contributed by atoms with E-state index in [1.807, 2.05) is 24.4 Å². The number of aromatic nitrogens is 2. The van der Waals surface area contributed by atoms with E-state index in [1.54, 1.807) is 18.6 Å². The number of nitrogens with zero attached hydrogens (tertiary/aromatic N) is 3. The maximum atomic E-state index is 12.3. The average molecular weight is 296 g/mol. The van der Waals surface area contributed by atoms with Gasteiger partial charge in [0.15, 0.2) is 0 Å². The summed E-state index contributed by atoms with van der Waals surface area (Å²) in [7, 11) is 0. The summed E-state index contributed by atoms with van der Waals surface area (Å²) < 4.78 is 0. The van der Waals surface area contributed by atoms with Crippen molar-refractivity contribution in [3.8, 4) is 0 Å². The minimum atomic E-state index is -0.102. The fraction of sp³-hybridized carbons (Fsp3) is 0.353. The standard InChI is InChI=1S/C17H20N4O/c22-17(20-11-14-5-4-6-18-10-14)15-9-16(13-19-12-15)21-7-2-1-3-8-21/h4-6,9-10,12-13H,1-3,7-8,11H2,(H,20,22). The molecule has 0 unspecified atom stereocenters. The first-order valence-electron chi connectivity index (χ1n) is 7.70. The van der Waals surface area contributed by atoms with Crippen LogP contribution in [-0.4, -0.2) is 29.0 Å². The minimum Gasteiger partial charge on any atom is -0.370 e. The number of rotatable bonds is 4. The first-order valence-corrected chi connectivity index (χ1v) is 7.70. The van der Waals surface area contributed by atoms with Crippen LogP contribution in [0.5, 0.6) is 0 Å². The fourth-order valence-corrected chi connectivity index (χ4v) is 2.66. The number of carbonyl (C=O) groups is 1. The van der Waals surface area contributed by atoms with Crippen molar-refractivity contribution in [3.05, 3.63) is 54.1 Å². The molecule has 0 aliphatic carbocycles. The molecule has 0 atom stereocenters. The molecule has 0 radical (unpaired) electrons. The summed E-state index contributed by atoms with van der Waals surface area (Å²) in [6.07, 6.45) is 10.6.